The van der Waals surface area contributed by atoms with Gasteiger partial charge in [0.05, 0.1) is 12.2 Å². The van der Waals surface area contributed by atoms with E-state index < -0.39 is 17.9 Å². The molecule has 0 aliphatic carbocycles. The van der Waals surface area contributed by atoms with Crippen LogP contribution in [0.3, 0.4) is 0 Å². The van der Waals surface area contributed by atoms with Crippen LogP contribution in [0, 0.1) is 0 Å². The standard InChI is InChI=1S/C9H10N4O4/c10-6(14)4-12-9(17)13-5-2-1-3-11-7(5)8(15)16/h1-3H,4H2,(H2,10,14)(H,15,16)(H2,12,13,17). The molecule has 0 unspecified atom stereocenters. The first-order chi connectivity index (χ1) is 8.00. The summed E-state index contributed by atoms with van der Waals surface area (Å²) < 4.78 is 0. The number of carbonyl (C=O) groups is 3. The van der Waals surface area contributed by atoms with Crippen molar-refractivity contribution in [2.75, 3.05) is 11.9 Å². The molecule has 17 heavy (non-hydrogen) atoms. The van der Waals surface area contributed by atoms with Crippen molar-refractivity contribution in [1.29, 1.82) is 0 Å². The molecule has 0 aliphatic rings. The highest BCUT2D eigenvalue weighted by Gasteiger charge is 2.13. The van der Waals surface area contributed by atoms with Crippen LogP contribution in [0.2, 0.25) is 0 Å². The second kappa shape index (κ2) is 5.45. The lowest BCUT2D eigenvalue weighted by Crippen LogP contribution is -2.36. The average Bonchev–Trinajstić information content (AvgIpc) is 2.27. The number of primary amides is 1. The minimum Gasteiger partial charge on any atom is -0.476 e. The SMILES string of the molecule is NC(=O)CNC(=O)Nc1cccnc1C(=O)O. The summed E-state index contributed by atoms with van der Waals surface area (Å²) in [6.07, 6.45) is 1.29. The third-order valence-electron chi connectivity index (χ3n) is 1.68. The van der Waals surface area contributed by atoms with Gasteiger partial charge in [-0.1, -0.05) is 0 Å². The highest BCUT2D eigenvalue weighted by Crippen LogP contribution is 2.11. The van der Waals surface area contributed by atoms with Gasteiger partial charge in [-0.3, -0.25) is 4.79 Å². The zero-order valence-corrected chi connectivity index (χ0v) is 8.64. The number of nitrogens with two attached hydrogens (primary N) is 1. The molecule has 1 rings (SSSR count). The number of amides is 3. The summed E-state index contributed by atoms with van der Waals surface area (Å²) >= 11 is 0. The van der Waals surface area contributed by atoms with E-state index in [1.54, 1.807) is 0 Å². The Morgan fingerprint density at radius 1 is 1.41 bits per heavy atom. The second-order valence-electron chi connectivity index (χ2n) is 2.98. The first-order valence-electron chi connectivity index (χ1n) is 4.52. The third-order valence-corrected chi connectivity index (χ3v) is 1.68. The van der Waals surface area contributed by atoms with Gasteiger partial charge in [0.15, 0.2) is 5.69 Å². The molecule has 0 bridgehead atoms. The van der Waals surface area contributed by atoms with E-state index in [1.807, 2.05) is 0 Å². The van der Waals surface area contributed by atoms with Crippen LogP contribution in [0.5, 0.6) is 0 Å². The predicted octanol–water partition coefficient (Wildman–Crippen LogP) is -0.613. The van der Waals surface area contributed by atoms with E-state index in [4.69, 9.17) is 10.8 Å². The van der Waals surface area contributed by atoms with E-state index in [2.05, 4.69) is 15.6 Å². The molecule has 0 spiro atoms. The normalized spacial score (nSPS) is 9.41. The molecule has 1 aromatic heterocycles. The number of hydrogen-bond donors (Lipinski definition) is 4. The molecular formula is C9H10N4O4. The molecular weight excluding hydrogens is 228 g/mol. The van der Waals surface area contributed by atoms with Gasteiger partial charge >= 0.3 is 12.0 Å². The zero-order valence-electron chi connectivity index (χ0n) is 8.64. The quantitative estimate of drug-likeness (QED) is 0.554. The van der Waals surface area contributed by atoms with E-state index in [9.17, 15) is 14.4 Å². The van der Waals surface area contributed by atoms with E-state index in [-0.39, 0.29) is 17.9 Å². The lowest BCUT2D eigenvalue weighted by molar-refractivity contribution is -0.117. The van der Waals surface area contributed by atoms with E-state index in [0.717, 1.165) is 0 Å². The van der Waals surface area contributed by atoms with Crippen LogP contribution >= 0.6 is 0 Å². The van der Waals surface area contributed by atoms with Crippen molar-refractivity contribution < 1.29 is 19.5 Å². The molecule has 1 aromatic rings. The number of carboxylic acids is 1. The Labute approximate surface area is 95.8 Å². The Hall–Kier alpha value is -2.64. The topological polar surface area (TPSA) is 134 Å². The van der Waals surface area contributed by atoms with Crippen molar-refractivity contribution in [3.8, 4) is 0 Å². The van der Waals surface area contributed by atoms with Crippen LogP contribution in [0.15, 0.2) is 18.3 Å². The molecule has 8 nitrogen and oxygen atoms in total. The third kappa shape index (κ3) is 3.78. The van der Waals surface area contributed by atoms with Gasteiger partial charge < -0.3 is 21.5 Å². The molecule has 5 N–H and O–H groups in total. The number of aromatic carboxylic acids is 1. The molecule has 0 saturated heterocycles. The molecule has 1 heterocycles. The molecule has 0 aliphatic heterocycles. The molecule has 90 valence electrons. The molecule has 3 amide bonds. The van der Waals surface area contributed by atoms with Crippen molar-refractivity contribution in [1.82, 2.24) is 10.3 Å². The number of nitrogens with zero attached hydrogens (tertiary/aromatic N) is 1. The fraction of sp³-hybridized carbons (Fsp3) is 0.111. The van der Waals surface area contributed by atoms with E-state index in [0.29, 0.717) is 0 Å². The Balaban J connectivity index is 2.71. The summed E-state index contributed by atoms with van der Waals surface area (Å²) in [7, 11) is 0. The maximum Gasteiger partial charge on any atom is 0.356 e. The Morgan fingerprint density at radius 2 is 2.12 bits per heavy atom. The Kier molecular flexibility index (Phi) is 3.98. The summed E-state index contributed by atoms with van der Waals surface area (Å²) in [5.41, 5.74) is 4.56. The zero-order chi connectivity index (χ0) is 12.8. The van der Waals surface area contributed by atoms with Crippen LogP contribution in [0.25, 0.3) is 0 Å². The van der Waals surface area contributed by atoms with Gasteiger partial charge in [0.25, 0.3) is 0 Å². The Bertz CT molecular complexity index is 460. The number of carbonyl (C=O) groups excluding carboxylic acids is 2. The van der Waals surface area contributed by atoms with Crippen molar-refractivity contribution in [3.63, 3.8) is 0 Å². The van der Waals surface area contributed by atoms with Gasteiger partial charge in [0, 0.05) is 6.20 Å². The molecule has 0 fully saturated rings. The highest BCUT2D eigenvalue weighted by molar-refractivity contribution is 5.99. The van der Waals surface area contributed by atoms with E-state index >= 15 is 0 Å². The van der Waals surface area contributed by atoms with Gasteiger partial charge in [-0.2, -0.15) is 0 Å². The maximum absolute atomic E-state index is 11.2. The smallest absolute Gasteiger partial charge is 0.356 e. The first kappa shape index (κ1) is 12.4. The average molecular weight is 238 g/mol. The van der Waals surface area contributed by atoms with Gasteiger partial charge in [0.2, 0.25) is 5.91 Å². The predicted molar refractivity (Wildman–Crippen MR) is 57.4 cm³/mol. The number of hydrogen-bond acceptors (Lipinski definition) is 4. The number of rotatable bonds is 4. The summed E-state index contributed by atoms with van der Waals surface area (Å²) in [6, 6.07) is 2.11. The van der Waals surface area contributed by atoms with Crippen molar-refractivity contribution in [2.24, 2.45) is 5.73 Å². The second-order valence-corrected chi connectivity index (χ2v) is 2.98. The number of pyridine rings is 1. The van der Waals surface area contributed by atoms with Crippen molar-refractivity contribution in [3.05, 3.63) is 24.0 Å². The van der Waals surface area contributed by atoms with E-state index in [1.165, 1.54) is 18.3 Å². The lowest BCUT2D eigenvalue weighted by Gasteiger charge is -2.07. The molecule has 0 saturated carbocycles. The fourth-order valence-corrected chi connectivity index (χ4v) is 1.01. The van der Waals surface area contributed by atoms with Crippen LogP contribution < -0.4 is 16.4 Å². The molecule has 8 heteroatoms. The summed E-state index contributed by atoms with van der Waals surface area (Å²) in [4.78, 5) is 36.0. The number of aromatic nitrogens is 1. The summed E-state index contributed by atoms with van der Waals surface area (Å²) in [5, 5.41) is 13.2. The van der Waals surface area contributed by atoms with Crippen molar-refractivity contribution >= 4 is 23.6 Å². The lowest BCUT2D eigenvalue weighted by atomic mass is 10.3. The molecule has 0 aromatic carbocycles. The number of carboxylic acid groups (broad SMARTS) is 1. The Morgan fingerprint density at radius 3 is 2.71 bits per heavy atom. The minimum atomic E-state index is -1.27. The fourth-order valence-electron chi connectivity index (χ4n) is 1.01. The molecule has 0 radical (unpaired) electrons. The maximum atomic E-state index is 11.2. The minimum absolute atomic E-state index is 0.0296. The van der Waals surface area contributed by atoms with Crippen LogP contribution in [0.1, 0.15) is 10.5 Å². The van der Waals surface area contributed by atoms with Gasteiger partial charge in [-0.05, 0) is 12.1 Å². The largest absolute Gasteiger partial charge is 0.476 e. The summed E-state index contributed by atoms with van der Waals surface area (Å²) in [5.74, 6) is -1.97. The van der Waals surface area contributed by atoms with Crippen LogP contribution in [-0.4, -0.2) is 34.5 Å². The monoisotopic (exact) mass is 238 g/mol. The highest BCUT2D eigenvalue weighted by atomic mass is 16.4. The number of urea groups is 1. The number of nitrogens with one attached hydrogen (secondary N) is 2. The van der Waals surface area contributed by atoms with Crippen molar-refractivity contribution in [2.45, 2.75) is 0 Å². The van der Waals surface area contributed by atoms with Gasteiger partial charge in [-0.25, -0.2) is 14.6 Å². The first-order valence-corrected chi connectivity index (χ1v) is 4.52. The summed E-state index contributed by atoms with van der Waals surface area (Å²) in [6.45, 7) is -0.339. The van der Waals surface area contributed by atoms with Gasteiger partial charge in [-0.15, -0.1) is 0 Å². The van der Waals surface area contributed by atoms with Crippen LogP contribution in [0.4, 0.5) is 10.5 Å². The van der Waals surface area contributed by atoms with Crippen LogP contribution in [-0.2, 0) is 4.79 Å². The molecule has 0 atom stereocenters. The van der Waals surface area contributed by atoms with Gasteiger partial charge in [0.1, 0.15) is 0 Å². The number of anilines is 1.